The number of benzene rings is 1. The van der Waals surface area contributed by atoms with Gasteiger partial charge in [-0.05, 0) is 18.4 Å². The summed E-state index contributed by atoms with van der Waals surface area (Å²) in [4.78, 5) is 0. The molecule has 3 N–H and O–H groups in total. The van der Waals surface area contributed by atoms with Crippen LogP contribution in [-0.2, 0) is 10.2 Å². The zero-order valence-corrected chi connectivity index (χ0v) is 10.1. The van der Waals surface area contributed by atoms with Crippen molar-refractivity contribution in [2.75, 3.05) is 13.2 Å². The number of hydrogen-bond acceptors (Lipinski definition) is 3. The summed E-state index contributed by atoms with van der Waals surface area (Å²) in [5.41, 5.74) is 4.21. The summed E-state index contributed by atoms with van der Waals surface area (Å²) >= 11 is 0. The maximum Gasteiger partial charge on any atom is 0.0486 e. The lowest BCUT2D eigenvalue weighted by molar-refractivity contribution is 0.0410. The van der Waals surface area contributed by atoms with Crippen molar-refractivity contribution in [1.82, 2.24) is 5.43 Å². The topological polar surface area (TPSA) is 47.3 Å². The van der Waals surface area contributed by atoms with Crippen LogP contribution in [0.1, 0.15) is 18.4 Å². The van der Waals surface area contributed by atoms with Gasteiger partial charge in [0.1, 0.15) is 0 Å². The average molecular weight is 232 g/mol. The van der Waals surface area contributed by atoms with Crippen molar-refractivity contribution in [1.29, 1.82) is 0 Å². The first kappa shape index (κ1) is 12.3. The van der Waals surface area contributed by atoms with E-state index in [-0.39, 0.29) is 11.5 Å². The van der Waals surface area contributed by atoms with Gasteiger partial charge in [0.15, 0.2) is 0 Å². The lowest BCUT2D eigenvalue weighted by atomic mass is 9.69. The molecular formula is C14H20N2O. The van der Waals surface area contributed by atoms with E-state index in [0.29, 0.717) is 0 Å². The highest BCUT2D eigenvalue weighted by molar-refractivity contribution is 5.30. The second-order valence-electron chi connectivity index (χ2n) is 4.51. The zero-order valence-electron chi connectivity index (χ0n) is 10.1. The smallest absolute Gasteiger partial charge is 0.0486 e. The molecule has 0 radical (unpaired) electrons. The fraction of sp³-hybridized carbons (Fsp3) is 0.429. The van der Waals surface area contributed by atoms with Crippen LogP contribution in [0.25, 0.3) is 0 Å². The third kappa shape index (κ3) is 2.27. The molecule has 0 spiro atoms. The summed E-state index contributed by atoms with van der Waals surface area (Å²) in [5.74, 6) is 5.67. The number of hydrogen-bond donors (Lipinski definition) is 2. The number of ether oxygens (including phenoxy) is 1. The van der Waals surface area contributed by atoms with Crippen LogP contribution in [0.3, 0.4) is 0 Å². The quantitative estimate of drug-likeness (QED) is 0.472. The van der Waals surface area contributed by atoms with Gasteiger partial charge in [-0.25, -0.2) is 0 Å². The molecule has 1 aliphatic rings. The van der Waals surface area contributed by atoms with E-state index in [4.69, 9.17) is 10.6 Å². The zero-order chi connectivity index (χ0) is 12.1. The van der Waals surface area contributed by atoms with Crippen LogP contribution < -0.4 is 11.3 Å². The predicted octanol–water partition coefficient (Wildman–Crippen LogP) is 1.75. The molecule has 2 rings (SSSR count). The Morgan fingerprint density at radius 1 is 1.29 bits per heavy atom. The highest BCUT2D eigenvalue weighted by Gasteiger charge is 2.39. The molecule has 0 saturated carbocycles. The second-order valence-corrected chi connectivity index (χ2v) is 4.51. The van der Waals surface area contributed by atoms with Crippen molar-refractivity contribution in [2.45, 2.75) is 24.3 Å². The Labute approximate surface area is 103 Å². The Morgan fingerprint density at radius 3 is 2.47 bits per heavy atom. The molecule has 1 aliphatic heterocycles. The van der Waals surface area contributed by atoms with Crippen molar-refractivity contribution in [3.05, 3.63) is 48.6 Å². The van der Waals surface area contributed by atoms with Crippen LogP contribution >= 0.6 is 0 Å². The van der Waals surface area contributed by atoms with E-state index in [9.17, 15) is 0 Å². The van der Waals surface area contributed by atoms with E-state index >= 15 is 0 Å². The van der Waals surface area contributed by atoms with E-state index in [1.165, 1.54) is 5.56 Å². The first-order chi connectivity index (χ1) is 8.33. The van der Waals surface area contributed by atoms with Crippen molar-refractivity contribution in [2.24, 2.45) is 5.84 Å². The lowest BCUT2D eigenvalue weighted by Crippen LogP contribution is -2.52. The van der Waals surface area contributed by atoms with Crippen LogP contribution in [0.4, 0.5) is 0 Å². The molecule has 17 heavy (non-hydrogen) atoms. The normalized spacial score (nSPS) is 20.8. The molecule has 3 heteroatoms. The number of nitrogens with two attached hydrogens (primary N) is 1. The van der Waals surface area contributed by atoms with Crippen LogP contribution in [-0.4, -0.2) is 19.3 Å². The first-order valence-corrected chi connectivity index (χ1v) is 6.05. The molecule has 1 fully saturated rings. The molecule has 0 aromatic heterocycles. The Kier molecular flexibility index (Phi) is 3.94. The molecule has 1 aromatic rings. The molecule has 0 aliphatic carbocycles. The average Bonchev–Trinajstić information content (AvgIpc) is 2.42. The van der Waals surface area contributed by atoms with Gasteiger partial charge in [0.05, 0.1) is 0 Å². The fourth-order valence-corrected chi connectivity index (χ4v) is 2.74. The van der Waals surface area contributed by atoms with Gasteiger partial charge in [0.2, 0.25) is 0 Å². The minimum absolute atomic E-state index is 0.00993. The summed E-state index contributed by atoms with van der Waals surface area (Å²) in [5, 5.41) is 0. The molecular weight excluding hydrogens is 212 g/mol. The van der Waals surface area contributed by atoms with E-state index in [2.05, 4.69) is 36.3 Å². The standard InChI is InChI=1S/C14H20N2O/c1-2-13(16-15)14(8-10-17-11-9-14)12-6-4-3-5-7-12/h2-7,13,16H,1,8-11,15H2. The van der Waals surface area contributed by atoms with Crippen molar-refractivity contribution in [3.63, 3.8) is 0 Å². The number of hydrazine groups is 1. The van der Waals surface area contributed by atoms with Gasteiger partial charge in [0, 0.05) is 24.7 Å². The Morgan fingerprint density at radius 2 is 1.94 bits per heavy atom. The maximum atomic E-state index is 5.67. The summed E-state index contributed by atoms with van der Waals surface area (Å²) in [6.07, 6.45) is 3.84. The summed E-state index contributed by atoms with van der Waals surface area (Å²) in [6, 6.07) is 10.6. The van der Waals surface area contributed by atoms with Crippen molar-refractivity contribution in [3.8, 4) is 0 Å². The molecule has 1 atom stereocenters. The predicted molar refractivity (Wildman–Crippen MR) is 69.5 cm³/mol. The summed E-state index contributed by atoms with van der Waals surface area (Å²) in [7, 11) is 0. The van der Waals surface area contributed by atoms with Crippen molar-refractivity contribution < 1.29 is 4.74 Å². The van der Waals surface area contributed by atoms with Gasteiger partial charge in [-0.15, -0.1) is 6.58 Å². The Bertz CT molecular complexity index is 358. The molecule has 0 amide bonds. The summed E-state index contributed by atoms with van der Waals surface area (Å²) in [6.45, 7) is 5.45. The van der Waals surface area contributed by atoms with E-state index in [1.54, 1.807) is 0 Å². The first-order valence-electron chi connectivity index (χ1n) is 6.05. The Hall–Kier alpha value is -1.16. The molecule has 1 saturated heterocycles. The van der Waals surface area contributed by atoms with Crippen molar-refractivity contribution >= 4 is 0 Å². The van der Waals surface area contributed by atoms with Crippen LogP contribution in [0.2, 0.25) is 0 Å². The molecule has 92 valence electrons. The second kappa shape index (κ2) is 5.45. The third-order valence-corrected chi connectivity index (χ3v) is 3.74. The summed E-state index contributed by atoms with van der Waals surface area (Å²) < 4.78 is 5.48. The molecule has 1 heterocycles. The van der Waals surface area contributed by atoms with Gasteiger partial charge in [0.25, 0.3) is 0 Å². The van der Waals surface area contributed by atoms with Crippen LogP contribution in [0.5, 0.6) is 0 Å². The minimum Gasteiger partial charge on any atom is -0.381 e. The van der Waals surface area contributed by atoms with Gasteiger partial charge in [-0.3, -0.25) is 11.3 Å². The van der Waals surface area contributed by atoms with Gasteiger partial charge >= 0.3 is 0 Å². The SMILES string of the molecule is C=CC(NN)C1(c2ccccc2)CCOCC1. The van der Waals surface area contributed by atoms with Gasteiger partial charge in [-0.1, -0.05) is 36.4 Å². The largest absolute Gasteiger partial charge is 0.381 e. The molecule has 0 bridgehead atoms. The lowest BCUT2D eigenvalue weighted by Gasteiger charge is -2.42. The molecule has 1 unspecified atom stereocenters. The monoisotopic (exact) mass is 232 g/mol. The third-order valence-electron chi connectivity index (χ3n) is 3.74. The highest BCUT2D eigenvalue weighted by Crippen LogP contribution is 2.38. The highest BCUT2D eigenvalue weighted by atomic mass is 16.5. The minimum atomic E-state index is 0.00993. The fourth-order valence-electron chi connectivity index (χ4n) is 2.74. The van der Waals surface area contributed by atoms with Crippen LogP contribution in [0, 0.1) is 0 Å². The number of rotatable bonds is 4. The molecule has 1 aromatic carbocycles. The number of nitrogens with one attached hydrogen (secondary N) is 1. The Balaban J connectivity index is 2.39. The van der Waals surface area contributed by atoms with E-state index in [0.717, 1.165) is 26.1 Å². The molecule has 3 nitrogen and oxygen atoms in total. The van der Waals surface area contributed by atoms with E-state index in [1.807, 2.05) is 12.1 Å². The van der Waals surface area contributed by atoms with Gasteiger partial charge < -0.3 is 4.74 Å². The van der Waals surface area contributed by atoms with Crippen LogP contribution in [0.15, 0.2) is 43.0 Å². The van der Waals surface area contributed by atoms with E-state index < -0.39 is 0 Å². The maximum absolute atomic E-state index is 5.67. The van der Waals surface area contributed by atoms with Gasteiger partial charge in [-0.2, -0.15) is 0 Å².